The van der Waals surface area contributed by atoms with Gasteiger partial charge in [-0.1, -0.05) is 36.8 Å². The molecule has 0 aliphatic rings. The van der Waals surface area contributed by atoms with E-state index in [0.29, 0.717) is 11.4 Å². The molecule has 2 aromatic carbocycles. The molecule has 0 radical (unpaired) electrons. The van der Waals surface area contributed by atoms with Crippen molar-refractivity contribution in [3.05, 3.63) is 65.4 Å². The molecule has 3 rings (SSSR count). The number of nitrogens with zero attached hydrogens (tertiary/aromatic N) is 3. The highest BCUT2D eigenvalue weighted by molar-refractivity contribution is 6.01. The second kappa shape index (κ2) is 9.47. The first-order valence-corrected chi connectivity index (χ1v) is 9.05. The minimum atomic E-state index is -0.331. The summed E-state index contributed by atoms with van der Waals surface area (Å²) in [4.78, 5) is 21.8. The topological polar surface area (TPSA) is 128 Å². The zero-order valence-electron chi connectivity index (χ0n) is 16.2. The van der Waals surface area contributed by atoms with Crippen molar-refractivity contribution in [2.45, 2.75) is 20.3 Å². The lowest BCUT2D eigenvalue weighted by molar-refractivity contribution is -0.121. The van der Waals surface area contributed by atoms with Crippen molar-refractivity contribution in [3.8, 4) is 0 Å². The van der Waals surface area contributed by atoms with Crippen molar-refractivity contribution in [3.63, 3.8) is 0 Å². The zero-order valence-corrected chi connectivity index (χ0v) is 16.2. The Balaban J connectivity index is 1.63. The Labute approximate surface area is 167 Å². The lowest BCUT2D eigenvalue weighted by Gasteiger charge is -2.09. The first-order valence-electron chi connectivity index (χ1n) is 9.05. The summed E-state index contributed by atoms with van der Waals surface area (Å²) in [5, 5.41) is 10.0. The van der Waals surface area contributed by atoms with Crippen LogP contribution in [0, 0.1) is 6.92 Å². The molecule has 29 heavy (non-hydrogen) atoms. The number of benzene rings is 2. The van der Waals surface area contributed by atoms with Crippen molar-refractivity contribution >= 4 is 28.9 Å². The first-order chi connectivity index (χ1) is 14.0. The Morgan fingerprint density at radius 1 is 1.14 bits per heavy atom. The third-order valence-corrected chi connectivity index (χ3v) is 4.03. The maximum Gasteiger partial charge on any atom is 0.253 e. The van der Waals surface area contributed by atoms with Crippen LogP contribution in [0.25, 0.3) is 0 Å². The quantitative estimate of drug-likeness (QED) is 0.319. The van der Waals surface area contributed by atoms with Crippen LogP contribution in [0.3, 0.4) is 0 Å². The molecule has 1 heterocycles. The van der Waals surface area contributed by atoms with E-state index in [1.54, 1.807) is 0 Å². The summed E-state index contributed by atoms with van der Waals surface area (Å²) in [6.07, 6.45) is 0.935. The first kappa shape index (κ1) is 20.0. The maximum atomic E-state index is 12.1. The molecule has 3 aromatic rings. The van der Waals surface area contributed by atoms with Gasteiger partial charge in [0.2, 0.25) is 0 Å². The molecule has 0 aliphatic carbocycles. The van der Waals surface area contributed by atoms with Crippen molar-refractivity contribution < 1.29 is 14.3 Å². The molecule has 1 amide bonds. The fourth-order valence-corrected chi connectivity index (χ4v) is 2.42. The Bertz CT molecular complexity index is 980. The van der Waals surface area contributed by atoms with Crippen LogP contribution in [0.15, 0.2) is 58.2 Å². The number of carbonyl (C=O) groups excluding carboxylic acids is 1. The Morgan fingerprint density at radius 3 is 2.48 bits per heavy atom. The standard InChI is InChI=1S/C20H22N6O3/c1-3-14-6-10-15(11-7-14)22-17(27)12-28-26-20(18-19(21)25-29-24-18)23-16-8-4-13(2)5-9-16/h4-11H,3,12H2,1-2H3,(H2,21,25)(H,22,27)(H,23,26). The summed E-state index contributed by atoms with van der Waals surface area (Å²) in [5.41, 5.74) is 12.2. The monoisotopic (exact) mass is 394 g/mol. The molecule has 0 spiro atoms. The molecule has 4 N–H and O–H groups in total. The van der Waals surface area contributed by atoms with E-state index in [4.69, 9.17) is 10.6 Å². The molecular weight excluding hydrogens is 372 g/mol. The fourth-order valence-electron chi connectivity index (χ4n) is 2.42. The predicted molar refractivity (Wildman–Crippen MR) is 110 cm³/mol. The van der Waals surface area contributed by atoms with Gasteiger partial charge in [0.15, 0.2) is 24.0 Å². The predicted octanol–water partition coefficient (Wildman–Crippen LogP) is 2.76. The van der Waals surface area contributed by atoms with Crippen LogP contribution in [0.5, 0.6) is 0 Å². The number of anilines is 2. The molecule has 0 bridgehead atoms. The summed E-state index contributed by atoms with van der Waals surface area (Å²) in [7, 11) is 0. The number of carbonyl (C=O) groups is 1. The number of nitrogens with one attached hydrogen (secondary N) is 2. The van der Waals surface area contributed by atoms with E-state index < -0.39 is 0 Å². The smallest absolute Gasteiger partial charge is 0.253 e. The summed E-state index contributed by atoms with van der Waals surface area (Å²) in [5.74, 6) is -0.109. The van der Waals surface area contributed by atoms with E-state index in [9.17, 15) is 4.79 Å². The van der Waals surface area contributed by atoms with E-state index >= 15 is 0 Å². The summed E-state index contributed by atoms with van der Waals surface area (Å²) in [6.45, 7) is 3.79. The number of aliphatic imine (C=N–C) groups is 1. The van der Waals surface area contributed by atoms with E-state index in [1.807, 2.05) is 55.5 Å². The lowest BCUT2D eigenvalue weighted by atomic mass is 10.1. The Kier molecular flexibility index (Phi) is 6.54. The van der Waals surface area contributed by atoms with E-state index in [-0.39, 0.29) is 29.9 Å². The summed E-state index contributed by atoms with van der Waals surface area (Å²) < 4.78 is 4.63. The number of rotatable bonds is 7. The molecule has 1 aromatic heterocycles. The van der Waals surface area contributed by atoms with Gasteiger partial charge in [0.05, 0.1) is 5.69 Å². The van der Waals surface area contributed by atoms with Crippen LogP contribution in [0.4, 0.5) is 17.2 Å². The second-order valence-corrected chi connectivity index (χ2v) is 6.28. The minimum Gasteiger partial charge on any atom is -0.379 e. The van der Waals surface area contributed by atoms with Gasteiger partial charge in [0.1, 0.15) is 0 Å². The fraction of sp³-hybridized carbons (Fsp3) is 0.200. The highest BCUT2D eigenvalue weighted by Gasteiger charge is 2.15. The van der Waals surface area contributed by atoms with Crippen LogP contribution < -0.4 is 16.5 Å². The van der Waals surface area contributed by atoms with Gasteiger partial charge in [-0.3, -0.25) is 9.63 Å². The second-order valence-electron chi connectivity index (χ2n) is 6.28. The molecule has 9 heteroatoms. The number of nitrogen functional groups attached to an aromatic ring is 1. The number of amidine groups is 1. The SMILES string of the molecule is CCc1ccc(NC(=O)CONC(=Nc2ccc(C)cc2)c2nonc2N)cc1. The largest absolute Gasteiger partial charge is 0.379 e. The molecule has 0 aliphatic heterocycles. The average molecular weight is 394 g/mol. The molecule has 9 nitrogen and oxygen atoms in total. The maximum absolute atomic E-state index is 12.1. The van der Waals surface area contributed by atoms with Gasteiger partial charge in [-0.2, -0.15) is 0 Å². The number of hydrogen-bond acceptors (Lipinski definition) is 7. The molecule has 0 unspecified atom stereocenters. The van der Waals surface area contributed by atoms with Gasteiger partial charge in [-0.15, -0.1) is 0 Å². The van der Waals surface area contributed by atoms with Crippen LogP contribution >= 0.6 is 0 Å². The van der Waals surface area contributed by atoms with Gasteiger partial charge in [-0.05, 0) is 53.5 Å². The number of hydroxylamine groups is 1. The van der Waals surface area contributed by atoms with Crippen molar-refractivity contribution in [1.82, 2.24) is 15.8 Å². The number of hydrogen-bond donors (Lipinski definition) is 3. The Hall–Kier alpha value is -3.72. The summed E-state index contributed by atoms with van der Waals surface area (Å²) >= 11 is 0. The van der Waals surface area contributed by atoms with Crippen LogP contribution in [0.2, 0.25) is 0 Å². The number of nitrogens with two attached hydrogens (primary N) is 1. The van der Waals surface area contributed by atoms with E-state index in [0.717, 1.165) is 12.0 Å². The average Bonchev–Trinajstić information content (AvgIpc) is 3.15. The van der Waals surface area contributed by atoms with Gasteiger partial charge < -0.3 is 11.1 Å². The third-order valence-electron chi connectivity index (χ3n) is 4.03. The van der Waals surface area contributed by atoms with Crippen molar-refractivity contribution in [2.24, 2.45) is 4.99 Å². The van der Waals surface area contributed by atoms with Gasteiger partial charge in [-0.25, -0.2) is 15.1 Å². The molecule has 0 atom stereocenters. The van der Waals surface area contributed by atoms with Gasteiger partial charge in [0.25, 0.3) is 5.91 Å². The van der Waals surface area contributed by atoms with Crippen LogP contribution in [-0.2, 0) is 16.1 Å². The Morgan fingerprint density at radius 2 is 1.86 bits per heavy atom. The minimum absolute atomic E-state index is 0.0485. The number of aromatic nitrogens is 2. The van der Waals surface area contributed by atoms with Crippen LogP contribution in [0.1, 0.15) is 23.7 Å². The third kappa shape index (κ3) is 5.63. The molecule has 0 saturated heterocycles. The summed E-state index contributed by atoms with van der Waals surface area (Å²) in [6, 6.07) is 15.1. The van der Waals surface area contributed by atoms with Crippen molar-refractivity contribution in [1.29, 1.82) is 0 Å². The van der Waals surface area contributed by atoms with E-state index in [1.165, 1.54) is 5.56 Å². The normalized spacial score (nSPS) is 11.3. The highest BCUT2D eigenvalue weighted by Crippen LogP contribution is 2.15. The molecule has 150 valence electrons. The molecule has 0 saturated carbocycles. The van der Waals surface area contributed by atoms with Crippen LogP contribution in [-0.4, -0.2) is 28.7 Å². The number of amides is 1. The molecular formula is C20H22N6O3. The highest BCUT2D eigenvalue weighted by atomic mass is 16.6. The zero-order chi connectivity index (χ0) is 20.6. The van der Waals surface area contributed by atoms with E-state index in [2.05, 4.69) is 37.7 Å². The molecule has 0 fully saturated rings. The van der Waals surface area contributed by atoms with Gasteiger partial charge >= 0.3 is 0 Å². The number of aryl methyl sites for hydroxylation is 2. The van der Waals surface area contributed by atoms with Gasteiger partial charge in [0, 0.05) is 5.69 Å². The lowest BCUT2D eigenvalue weighted by Crippen LogP contribution is -2.30. The van der Waals surface area contributed by atoms with Crippen molar-refractivity contribution in [2.75, 3.05) is 17.7 Å².